The number of carboxylic acid groups (broad SMARTS) is 1. The molecule has 0 saturated carbocycles. The van der Waals surface area contributed by atoms with Crippen molar-refractivity contribution in [2.24, 2.45) is 0 Å². The lowest BCUT2D eigenvalue weighted by atomic mass is 10.1. The van der Waals surface area contributed by atoms with E-state index in [4.69, 9.17) is 9.52 Å². The number of nitrogens with zero attached hydrogens (tertiary/aromatic N) is 1. The Morgan fingerprint density at radius 2 is 2.15 bits per heavy atom. The first-order chi connectivity index (χ1) is 9.54. The van der Waals surface area contributed by atoms with E-state index in [0.717, 1.165) is 11.3 Å². The minimum Gasteiger partial charge on any atom is -0.478 e. The van der Waals surface area contributed by atoms with E-state index in [0.29, 0.717) is 17.0 Å². The fraction of sp³-hybridized carbons (Fsp3) is 0.143. The fourth-order valence-corrected chi connectivity index (χ4v) is 2.62. The number of carbonyl (C=O) groups excluding carboxylic acids is 1. The molecule has 1 N–H and O–H groups in total. The number of carbonyl (C=O) groups is 2. The Kier molecular flexibility index (Phi) is 3.10. The molecule has 6 heteroatoms. The van der Waals surface area contributed by atoms with Gasteiger partial charge >= 0.3 is 5.97 Å². The monoisotopic (exact) mass is 335 g/mol. The number of hydrogen-bond acceptors (Lipinski definition) is 3. The molecule has 1 amide bonds. The van der Waals surface area contributed by atoms with Crippen molar-refractivity contribution >= 4 is 33.5 Å². The van der Waals surface area contributed by atoms with E-state index in [-0.39, 0.29) is 17.9 Å². The van der Waals surface area contributed by atoms with Crippen LogP contribution in [0.2, 0.25) is 0 Å². The van der Waals surface area contributed by atoms with Crippen LogP contribution in [0.4, 0.5) is 5.69 Å². The molecule has 1 aliphatic heterocycles. The summed E-state index contributed by atoms with van der Waals surface area (Å²) in [4.78, 5) is 24.6. The van der Waals surface area contributed by atoms with Crippen molar-refractivity contribution in [3.8, 4) is 0 Å². The predicted octanol–water partition coefficient (Wildman–Crippen LogP) is 2.83. The number of furan rings is 1. The standard InChI is InChI=1S/C14H10BrNO4/c15-12-4-2-10(20-12)7-16-11-3-1-8(14(18)19)5-9(11)6-13(16)17/h1-5H,6-7H2,(H,18,19). The third-order valence-corrected chi connectivity index (χ3v) is 3.63. The number of benzene rings is 1. The Balaban J connectivity index is 1.92. The second-order valence-electron chi connectivity index (χ2n) is 4.51. The Labute approximate surface area is 122 Å². The Bertz CT molecular complexity index is 707. The predicted molar refractivity (Wildman–Crippen MR) is 74.7 cm³/mol. The summed E-state index contributed by atoms with van der Waals surface area (Å²) in [6.45, 7) is 0.337. The molecule has 2 aromatic rings. The molecule has 0 fully saturated rings. The van der Waals surface area contributed by atoms with Crippen molar-refractivity contribution in [2.45, 2.75) is 13.0 Å². The van der Waals surface area contributed by atoms with E-state index in [1.54, 1.807) is 29.2 Å². The Hall–Kier alpha value is -2.08. The van der Waals surface area contributed by atoms with E-state index >= 15 is 0 Å². The molecule has 0 radical (unpaired) electrons. The maximum Gasteiger partial charge on any atom is 0.335 e. The largest absolute Gasteiger partial charge is 0.478 e. The SMILES string of the molecule is O=C(O)c1ccc2c(c1)CC(=O)N2Cc1ccc(Br)o1. The third-order valence-electron chi connectivity index (χ3n) is 3.20. The summed E-state index contributed by atoms with van der Waals surface area (Å²) in [6, 6.07) is 8.28. The second kappa shape index (κ2) is 4.79. The number of fused-ring (bicyclic) bond motifs is 1. The Morgan fingerprint density at radius 3 is 2.80 bits per heavy atom. The van der Waals surface area contributed by atoms with Gasteiger partial charge in [-0.3, -0.25) is 4.79 Å². The number of rotatable bonds is 3. The molecular formula is C14H10BrNO4. The number of anilines is 1. The molecule has 1 aromatic carbocycles. The Morgan fingerprint density at radius 1 is 1.35 bits per heavy atom. The maximum absolute atomic E-state index is 12.0. The molecule has 0 atom stereocenters. The number of halogens is 1. The van der Waals surface area contributed by atoms with Gasteiger partial charge < -0.3 is 14.4 Å². The zero-order valence-electron chi connectivity index (χ0n) is 10.3. The number of aromatic carboxylic acids is 1. The number of carboxylic acids is 1. The van der Waals surface area contributed by atoms with Crippen molar-refractivity contribution in [3.05, 3.63) is 51.9 Å². The summed E-state index contributed by atoms with van der Waals surface area (Å²) in [5.41, 5.74) is 1.67. The molecule has 0 aliphatic carbocycles. The van der Waals surface area contributed by atoms with Crippen LogP contribution in [0.1, 0.15) is 21.7 Å². The molecule has 0 saturated heterocycles. The highest BCUT2D eigenvalue weighted by atomic mass is 79.9. The molecular weight excluding hydrogens is 326 g/mol. The summed E-state index contributed by atoms with van der Waals surface area (Å²) in [7, 11) is 0. The van der Waals surface area contributed by atoms with Crippen LogP contribution >= 0.6 is 15.9 Å². The zero-order valence-corrected chi connectivity index (χ0v) is 11.9. The van der Waals surface area contributed by atoms with Crippen molar-refractivity contribution in [2.75, 3.05) is 4.90 Å². The topological polar surface area (TPSA) is 70.8 Å². The fourth-order valence-electron chi connectivity index (χ4n) is 2.28. The van der Waals surface area contributed by atoms with Gasteiger partial charge in [0.1, 0.15) is 5.76 Å². The molecule has 3 rings (SSSR count). The van der Waals surface area contributed by atoms with Crippen LogP contribution in [0.15, 0.2) is 39.4 Å². The van der Waals surface area contributed by atoms with E-state index in [9.17, 15) is 9.59 Å². The third kappa shape index (κ3) is 2.22. The summed E-state index contributed by atoms with van der Waals surface area (Å²) in [6.07, 6.45) is 0.221. The van der Waals surface area contributed by atoms with E-state index < -0.39 is 5.97 Å². The van der Waals surface area contributed by atoms with Crippen LogP contribution < -0.4 is 4.90 Å². The van der Waals surface area contributed by atoms with Crippen LogP contribution in [0.3, 0.4) is 0 Å². The first-order valence-corrected chi connectivity index (χ1v) is 6.74. The maximum atomic E-state index is 12.0. The first kappa shape index (κ1) is 12.9. The van der Waals surface area contributed by atoms with Gasteiger partial charge in [0.25, 0.3) is 0 Å². The lowest BCUT2D eigenvalue weighted by molar-refractivity contribution is -0.117. The summed E-state index contributed by atoms with van der Waals surface area (Å²) in [5.74, 6) is -0.385. The zero-order chi connectivity index (χ0) is 14.3. The molecule has 0 bridgehead atoms. The molecule has 0 unspecified atom stereocenters. The van der Waals surface area contributed by atoms with Gasteiger partial charge in [0.2, 0.25) is 5.91 Å². The van der Waals surface area contributed by atoms with E-state index in [2.05, 4.69) is 15.9 Å². The van der Waals surface area contributed by atoms with Crippen LogP contribution in [-0.4, -0.2) is 17.0 Å². The van der Waals surface area contributed by atoms with Crippen molar-refractivity contribution in [1.29, 1.82) is 0 Å². The highest BCUT2D eigenvalue weighted by Gasteiger charge is 2.28. The van der Waals surface area contributed by atoms with Crippen LogP contribution in [0.5, 0.6) is 0 Å². The minimum absolute atomic E-state index is 0.0601. The van der Waals surface area contributed by atoms with Crippen LogP contribution in [0, 0.1) is 0 Å². The van der Waals surface area contributed by atoms with Crippen molar-refractivity contribution in [3.63, 3.8) is 0 Å². The molecule has 102 valence electrons. The van der Waals surface area contributed by atoms with Crippen molar-refractivity contribution < 1.29 is 19.1 Å². The molecule has 1 aliphatic rings. The van der Waals surface area contributed by atoms with Gasteiger partial charge in [-0.25, -0.2) is 4.79 Å². The van der Waals surface area contributed by atoms with Crippen LogP contribution in [0.25, 0.3) is 0 Å². The average Bonchev–Trinajstić information content (AvgIpc) is 2.94. The summed E-state index contributed by atoms with van der Waals surface area (Å²) >= 11 is 3.22. The van der Waals surface area contributed by atoms with Gasteiger partial charge in [-0.2, -0.15) is 0 Å². The molecule has 1 aromatic heterocycles. The number of amides is 1. The smallest absolute Gasteiger partial charge is 0.335 e. The number of hydrogen-bond donors (Lipinski definition) is 1. The van der Waals surface area contributed by atoms with Gasteiger partial charge in [0.05, 0.1) is 18.5 Å². The van der Waals surface area contributed by atoms with Gasteiger partial charge in [0, 0.05) is 5.69 Å². The molecule has 20 heavy (non-hydrogen) atoms. The lowest BCUT2D eigenvalue weighted by Crippen LogP contribution is -2.25. The first-order valence-electron chi connectivity index (χ1n) is 5.95. The normalized spacial score (nSPS) is 13.7. The molecule has 5 nitrogen and oxygen atoms in total. The van der Waals surface area contributed by atoms with Crippen molar-refractivity contribution in [1.82, 2.24) is 0 Å². The minimum atomic E-state index is -0.992. The molecule has 0 spiro atoms. The highest BCUT2D eigenvalue weighted by molar-refractivity contribution is 9.10. The van der Waals surface area contributed by atoms with Gasteiger partial charge in [0.15, 0.2) is 4.67 Å². The summed E-state index contributed by atoms with van der Waals surface area (Å²) in [5, 5.41) is 8.97. The van der Waals surface area contributed by atoms with E-state index in [1.807, 2.05) is 0 Å². The summed E-state index contributed by atoms with van der Waals surface area (Å²) < 4.78 is 6.01. The van der Waals surface area contributed by atoms with Gasteiger partial charge in [-0.05, 0) is 51.8 Å². The quantitative estimate of drug-likeness (QED) is 0.936. The van der Waals surface area contributed by atoms with E-state index in [1.165, 1.54) is 6.07 Å². The lowest BCUT2D eigenvalue weighted by Gasteiger charge is -2.15. The van der Waals surface area contributed by atoms with Crippen LogP contribution in [-0.2, 0) is 17.8 Å². The average molecular weight is 336 g/mol. The second-order valence-corrected chi connectivity index (χ2v) is 5.29. The highest BCUT2D eigenvalue weighted by Crippen LogP contribution is 2.31. The van der Waals surface area contributed by atoms with Gasteiger partial charge in [-0.15, -0.1) is 0 Å². The van der Waals surface area contributed by atoms with Gasteiger partial charge in [-0.1, -0.05) is 0 Å². The molecule has 2 heterocycles.